The number of hydrogen-bond acceptors (Lipinski definition) is 3. The molecule has 0 bridgehead atoms. The molecule has 1 aromatic heterocycles. The van der Waals surface area contributed by atoms with Gasteiger partial charge in [0.15, 0.2) is 0 Å². The lowest BCUT2D eigenvalue weighted by Crippen LogP contribution is -2.32. The number of anilines is 1. The van der Waals surface area contributed by atoms with E-state index in [9.17, 15) is 4.79 Å². The number of aromatic nitrogens is 1. The second-order valence-electron chi connectivity index (χ2n) is 9.20. The lowest BCUT2D eigenvalue weighted by Gasteiger charge is -2.23. The van der Waals surface area contributed by atoms with Crippen molar-refractivity contribution in [1.82, 2.24) is 10.3 Å². The molecular weight excluding hydrogens is 418 g/mol. The van der Waals surface area contributed by atoms with Gasteiger partial charge in [0, 0.05) is 17.6 Å². The summed E-state index contributed by atoms with van der Waals surface area (Å²) < 4.78 is 0. The number of hydrogen-bond donors (Lipinski definition) is 2. The smallest absolute Gasteiger partial charge is 0.228 e. The highest BCUT2D eigenvalue weighted by atomic mass is 16.1. The zero-order valence-corrected chi connectivity index (χ0v) is 19.4. The molecule has 1 heterocycles. The Morgan fingerprint density at radius 3 is 2.35 bits per heavy atom. The molecule has 4 heteroatoms. The summed E-state index contributed by atoms with van der Waals surface area (Å²) in [6, 6.07) is 30.9. The summed E-state index contributed by atoms with van der Waals surface area (Å²) >= 11 is 0. The van der Waals surface area contributed by atoms with Gasteiger partial charge in [-0.3, -0.25) is 9.78 Å². The normalized spacial score (nSPS) is 14.7. The molecule has 1 amide bonds. The molecule has 172 valence electrons. The maximum absolute atomic E-state index is 13.3. The molecule has 3 aromatic carbocycles. The number of carbonyl (C=O) groups is 1. The molecule has 1 aliphatic carbocycles. The molecule has 1 aliphatic rings. The minimum atomic E-state index is -0.0950. The third-order valence-electron chi connectivity index (χ3n) is 6.86. The average molecular weight is 450 g/mol. The molecule has 0 spiro atoms. The second kappa shape index (κ2) is 10.5. The first-order valence-electron chi connectivity index (χ1n) is 12.3. The van der Waals surface area contributed by atoms with E-state index in [2.05, 4.69) is 65.2 Å². The van der Waals surface area contributed by atoms with Gasteiger partial charge in [0.05, 0.1) is 23.7 Å². The van der Waals surface area contributed by atoms with E-state index in [4.69, 9.17) is 4.98 Å². The van der Waals surface area contributed by atoms with Crippen molar-refractivity contribution < 1.29 is 4.79 Å². The molecular formula is C30H31N3O. The molecule has 4 nitrogen and oxygen atoms in total. The van der Waals surface area contributed by atoms with Crippen LogP contribution in [-0.2, 0) is 17.9 Å². The van der Waals surface area contributed by atoms with Gasteiger partial charge in [0.2, 0.25) is 5.91 Å². The van der Waals surface area contributed by atoms with Gasteiger partial charge < -0.3 is 10.6 Å². The van der Waals surface area contributed by atoms with Gasteiger partial charge in [0.25, 0.3) is 0 Å². The molecule has 4 aromatic rings. The van der Waals surface area contributed by atoms with E-state index in [1.54, 1.807) is 0 Å². The van der Waals surface area contributed by atoms with E-state index >= 15 is 0 Å². The fourth-order valence-corrected chi connectivity index (χ4v) is 5.03. The van der Waals surface area contributed by atoms with Crippen LogP contribution in [-0.4, -0.2) is 10.9 Å². The van der Waals surface area contributed by atoms with Crippen molar-refractivity contribution in [2.45, 2.75) is 44.7 Å². The molecule has 5 rings (SSSR count). The number of carbonyl (C=O) groups excluding carboxylic acids is 1. The number of fused-ring (bicyclic) bond motifs is 1. The summed E-state index contributed by atoms with van der Waals surface area (Å²) in [5, 5.41) is 7.81. The fourth-order valence-electron chi connectivity index (χ4n) is 5.03. The van der Waals surface area contributed by atoms with Gasteiger partial charge in [-0.25, -0.2) is 0 Å². The molecule has 1 atom stereocenters. The van der Waals surface area contributed by atoms with Crippen molar-refractivity contribution >= 4 is 22.5 Å². The minimum Gasteiger partial charge on any atom is -0.379 e. The number of nitrogens with zero attached hydrogens (tertiary/aromatic N) is 1. The average Bonchev–Trinajstić information content (AvgIpc) is 3.42. The molecule has 2 N–H and O–H groups in total. The fraction of sp³-hybridized carbons (Fsp3) is 0.267. The van der Waals surface area contributed by atoms with Crippen LogP contribution in [0.2, 0.25) is 0 Å². The van der Waals surface area contributed by atoms with Crippen molar-refractivity contribution in [3.05, 3.63) is 108 Å². The van der Waals surface area contributed by atoms with Crippen LogP contribution >= 0.6 is 0 Å². The first kappa shape index (κ1) is 22.1. The summed E-state index contributed by atoms with van der Waals surface area (Å²) in [6.07, 6.45) is 4.67. The Labute approximate surface area is 201 Å². The Morgan fingerprint density at radius 2 is 1.56 bits per heavy atom. The van der Waals surface area contributed by atoms with E-state index in [-0.39, 0.29) is 11.8 Å². The van der Waals surface area contributed by atoms with E-state index < -0.39 is 0 Å². The number of pyridine rings is 1. The lowest BCUT2D eigenvalue weighted by atomic mass is 9.84. The quantitative estimate of drug-likeness (QED) is 0.326. The zero-order valence-electron chi connectivity index (χ0n) is 19.4. The number of nitrogens with one attached hydrogen (secondary N) is 2. The largest absolute Gasteiger partial charge is 0.379 e. The Balaban J connectivity index is 1.26. The summed E-state index contributed by atoms with van der Waals surface area (Å²) in [4.78, 5) is 18.0. The molecule has 0 saturated heterocycles. The molecule has 0 radical (unpaired) electrons. The predicted octanol–water partition coefficient (Wildman–Crippen LogP) is 6.44. The Bertz CT molecular complexity index is 1230. The summed E-state index contributed by atoms with van der Waals surface area (Å²) in [7, 11) is 0. The molecule has 1 fully saturated rings. The van der Waals surface area contributed by atoms with Crippen LogP contribution in [0.1, 0.15) is 48.4 Å². The highest BCUT2D eigenvalue weighted by Gasteiger charge is 2.31. The van der Waals surface area contributed by atoms with Crippen LogP contribution < -0.4 is 10.6 Å². The minimum absolute atomic E-state index is 0.0950. The summed E-state index contributed by atoms with van der Waals surface area (Å²) in [5.74, 6) is 0.454. The van der Waals surface area contributed by atoms with Crippen molar-refractivity contribution in [1.29, 1.82) is 0 Å². The second-order valence-corrected chi connectivity index (χ2v) is 9.20. The third kappa shape index (κ3) is 5.28. The van der Waals surface area contributed by atoms with E-state index in [0.717, 1.165) is 46.3 Å². The Kier molecular flexibility index (Phi) is 6.85. The van der Waals surface area contributed by atoms with Gasteiger partial charge in [-0.1, -0.05) is 79.6 Å². The Morgan fingerprint density at radius 1 is 0.824 bits per heavy atom. The van der Waals surface area contributed by atoms with Crippen molar-refractivity contribution in [3.8, 4) is 0 Å². The molecule has 1 unspecified atom stereocenters. The van der Waals surface area contributed by atoms with E-state index in [1.807, 2.05) is 36.4 Å². The van der Waals surface area contributed by atoms with E-state index in [0.29, 0.717) is 19.0 Å². The van der Waals surface area contributed by atoms with Crippen LogP contribution in [0.5, 0.6) is 0 Å². The van der Waals surface area contributed by atoms with Crippen LogP contribution in [0.15, 0.2) is 91.0 Å². The maximum atomic E-state index is 13.3. The number of rotatable bonds is 8. The Hall–Kier alpha value is -3.66. The lowest BCUT2D eigenvalue weighted by molar-refractivity contribution is -0.123. The highest BCUT2D eigenvalue weighted by Crippen LogP contribution is 2.38. The first-order chi connectivity index (χ1) is 16.8. The first-order valence-corrected chi connectivity index (χ1v) is 12.3. The number of para-hydroxylation sites is 1. The third-order valence-corrected chi connectivity index (χ3v) is 6.86. The van der Waals surface area contributed by atoms with Crippen LogP contribution in [0.4, 0.5) is 5.69 Å². The van der Waals surface area contributed by atoms with Crippen LogP contribution in [0.3, 0.4) is 0 Å². The van der Waals surface area contributed by atoms with Crippen LogP contribution in [0.25, 0.3) is 10.9 Å². The summed E-state index contributed by atoms with van der Waals surface area (Å²) in [5.41, 5.74) is 5.29. The monoisotopic (exact) mass is 449 g/mol. The van der Waals surface area contributed by atoms with Crippen molar-refractivity contribution in [3.63, 3.8) is 0 Å². The zero-order chi connectivity index (χ0) is 23.2. The van der Waals surface area contributed by atoms with Gasteiger partial charge in [-0.05, 0) is 54.2 Å². The van der Waals surface area contributed by atoms with Crippen molar-refractivity contribution in [2.75, 3.05) is 5.32 Å². The maximum Gasteiger partial charge on any atom is 0.228 e. The SMILES string of the molecule is O=C(NCc1ccccc1)C(c1ccc(NCc2ccc3ccccc3n2)cc1)C1CCCC1. The number of benzene rings is 3. The van der Waals surface area contributed by atoms with Gasteiger partial charge in [0.1, 0.15) is 0 Å². The standard InChI is InChI=1S/C30H31N3O/c34-30(32-20-22-8-2-1-3-9-22)29(24-11-4-5-12-24)25-15-17-26(18-16-25)31-21-27-19-14-23-10-6-7-13-28(23)33-27/h1-3,6-10,13-19,24,29,31H,4-5,11-12,20-21H2,(H,32,34). The van der Waals surface area contributed by atoms with Gasteiger partial charge >= 0.3 is 0 Å². The van der Waals surface area contributed by atoms with E-state index in [1.165, 1.54) is 12.8 Å². The predicted molar refractivity (Wildman–Crippen MR) is 138 cm³/mol. The number of amides is 1. The molecule has 1 saturated carbocycles. The van der Waals surface area contributed by atoms with Crippen LogP contribution in [0, 0.1) is 5.92 Å². The van der Waals surface area contributed by atoms with Gasteiger partial charge in [-0.2, -0.15) is 0 Å². The molecule has 34 heavy (non-hydrogen) atoms. The van der Waals surface area contributed by atoms with Crippen molar-refractivity contribution in [2.24, 2.45) is 5.92 Å². The summed E-state index contributed by atoms with van der Waals surface area (Å²) in [6.45, 7) is 1.23. The topological polar surface area (TPSA) is 54.0 Å². The highest BCUT2D eigenvalue weighted by molar-refractivity contribution is 5.84. The van der Waals surface area contributed by atoms with Gasteiger partial charge in [-0.15, -0.1) is 0 Å². The molecule has 0 aliphatic heterocycles.